The van der Waals surface area contributed by atoms with Crippen LogP contribution in [-0.2, 0) is 16.1 Å². The molecule has 2 atom stereocenters. The number of aromatic nitrogens is 2. The van der Waals surface area contributed by atoms with Gasteiger partial charge in [0, 0.05) is 64.0 Å². The highest BCUT2D eigenvalue weighted by Gasteiger charge is 2.29. The molecule has 0 bridgehead atoms. The minimum Gasteiger partial charge on any atom is -0.385 e. The van der Waals surface area contributed by atoms with Crippen LogP contribution in [-0.4, -0.2) is 65.8 Å². The number of ether oxygens (including phenoxy) is 1. The monoisotopic (exact) mass is 560 g/mol. The van der Waals surface area contributed by atoms with Gasteiger partial charge in [-0.2, -0.15) is 0 Å². The number of carbonyl (C=O) groups is 2. The van der Waals surface area contributed by atoms with E-state index in [1.807, 2.05) is 23.1 Å². The molecule has 0 saturated carbocycles. The normalized spacial score (nSPS) is 16.4. The van der Waals surface area contributed by atoms with Crippen molar-refractivity contribution in [3.8, 4) is 0 Å². The number of rotatable bonds is 10. The Hall–Kier alpha value is -2.85. The van der Waals surface area contributed by atoms with E-state index in [9.17, 15) is 9.59 Å². The lowest BCUT2D eigenvalue weighted by Crippen LogP contribution is -2.45. The third-order valence-electron chi connectivity index (χ3n) is 6.69. The molecule has 1 fully saturated rings. The van der Waals surface area contributed by atoms with Gasteiger partial charge in [0.15, 0.2) is 0 Å². The van der Waals surface area contributed by atoms with Crippen LogP contribution in [0.15, 0.2) is 42.5 Å². The minimum atomic E-state index is -0.513. The summed E-state index contributed by atoms with van der Waals surface area (Å²) in [5.41, 5.74) is 8.78. The van der Waals surface area contributed by atoms with Crippen LogP contribution in [0.1, 0.15) is 37.4 Å². The quantitative estimate of drug-likeness (QED) is 0.313. The zero-order chi connectivity index (χ0) is 27.1. The molecule has 0 aliphatic carbocycles. The number of urea groups is 1. The lowest BCUT2D eigenvalue weighted by molar-refractivity contribution is -0.132. The molecule has 2 heterocycles. The van der Waals surface area contributed by atoms with E-state index in [-0.39, 0.29) is 24.8 Å². The average Bonchev–Trinajstić information content (AvgIpc) is 3.28. The highest BCUT2D eigenvalue weighted by Crippen LogP contribution is 2.30. The van der Waals surface area contributed by atoms with Crippen LogP contribution in [0.4, 0.5) is 10.5 Å². The smallest absolute Gasteiger partial charge is 0.319 e. The molecule has 4 rings (SSSR count). The van der Waals surface area contributed by atoms with Gasteiger partial charge >= 0.3 is 6.03 Å². The van der Waals surface area contributed by atoms with Gasteiger partial charge in [-0.3, -0.25) is 4.79 Å². The number of methoxy groups -OCH3 is 1. The number of fused-ring (bicyclic) bond motifs is 1. The topological polar surface area (TPSA) is 115 Å². The van der Waals surface area contributed by atoms with Gasteiger partial charge in [0.05, 0.1) is 21.1 Å². The van der Waals surface area contributed by atoms with E-state index >= 15 is 0 Å². The van der Waals surface area contributed by atoms with Crippen LogP contribution < -0.4 is 16.4 Å². The molecule has 1 aromatic heterocycles. The van der Waals surface area contributed by atoms with Crippen molar-refractivity contribution < 1.29 is 14.3 Å². The lowest BCUT2D eigenvalue weighted by Gasteiger charge is -2.33. The SMILES string of the molecule is COCCCn1c([C@@H]2CCCN(C(=O)C[C@H](N)CNC(=O)Nc3ccc(Cl)c(Cl)c3)C2)nc2ccccc21. The molecule has 3 amide bonds. The number of halogens is 2. The van der Waals surface area contributed by atoms with Crippen molar-refractivity contribution in [3.05, 3.63) is 58.3 Å². The maximum absolute atomic E-state index is 13.1. The summed E-state index contributed by atoms with van der Waals surface area (Å²) in [6.07, 6.45) is 2.90. The number of para-hydroxylation sites is 2. The third kappa shape index (κ3) is 7.17. The number of aryl methyl sites for hydroxylation is 1. The zero-order valence-corrected chi connectivity index (χ0v) is 23.0. The molecular formula is C27H34Cl2N6O3. The zero-order valence-electron chi connectivity index (χ0n) is 21.5. The fourth-order valence-corrected chi connectivity index (χ4v) is 5.12. The molecule has 2 aromatic carbocycles. The Bertz CT molecular complexity index is 1270. The first-order chi connectivity index (χ1) is 18.4. The van der Waals surface area contributed by atoms with E-state index in [0.717, 1.165) is 42.7 Å². The van der Waals surface area contributed by atoms with Gasteiger partial charge < -0.3 is 30.6 Å². The highest BCUT2D eigenvalue weighted by atomic mass is 35.5. The number of piperidine rings is 1. The van der Waals surface area contributed by atoms with E-state index < -0.39 is 12.1 Å². The summed E-state index contributed by atoms with van der Waals surface area (Å²) in [6.45, 7) is 2.95. The fourth-order valence-electron chi connectivity index (χ4n) is 4.82. The summed E-state index contributed by atoms with van der Waals surface area (Å²) in [5, 5.41) is 6.14. The molecule has 0 unspecified atom stereocenters. The molecule has 11 heteroatoms. The van der Waals surface area contributed by atoms with Gasteiger partial charge in [0.25, 0.3) is 0 Å². The van der Waals surface area contributed by atoms with Crippen LogP contribution in [0.3, 0.4) is 0 Å². The number of hydrogen-bond acceptors (Lipinski definition) is 5. The van der Waals surface area contributed by atoms with E-state index in [1.165, 1.54) is 0 Å². The molecule has 9 nitrogen and oxygen atoms in total. The summed E-state index contributed by atoms with van der Waals surface area (Å²) in [4.78, 5) is 32.2. The number of benzene rings is 2. The van der Waals surface area contributed by atoms with Crippen molar-refractivity contribution in [2.45, 2.75) is 44.2 Å². The molecule has 0 radical (unpaired) electrons. The molecule has 38 heavy (non-hydrogen) atoms. The second-order valence-corrected chi connectivity index (χ2v) is 10.4. The molecule has 204 valence electrons. The van der Waals surface area contributed by atoms with Gasteiger partial charge in [-0.05, 0) is 49.6 Å². The third-order valence-corrected chi connectivity index (χ3v) is 7.43. The van der Waals surface area contributed by atoms with Gasteiger partial charge in [-0.1, -0.05) is 35.3 Å². The lowest BCUT2D eigenvalue weighted by atomic mass is 9.96. The number of carbonyl (C=O) groups excluding carboxylic acids is 2. The van der Waals surface area contributed by atoms with Crippen LogP contribution in [0.2, 0.25) is 10.0 Å². The number of nitrogens with zero attached hydrogens (tertiary/aromatic N) is 3. The summed E-state index contributed by atoms with van der Waals surface area (Å²) >= 11 is 11.9. The average molecular weight is 562 g/mol. The fraction of sp³-hybridized carbons (Fsp3) is 0.444. The minimum absolute atomic E-state index is 0.0177. The first-order valence-electron chi connectivity index (χ1n) is 12.8. The molecule has 4 N–H and O–H groups in total. The number of imidazole rings is 1. The van der Waals surface area contributed by atoms with Crippen LogP contribution >= 0.6 is 23.2 Å². The van der Waals surface area contributed by atoms with Crippen molar-refractivity contribution in [3.63, 3.8) is 0 Å². The standard InChI is InChI=1S/C27H34Cl2N6O3/c1-38-13-5-12-35-24-8-3-2-7-23(24)33-26(35)18-6-4-11-34(17-18)25(36)14-19(30)16-31-27(37)32-20-9-10-21(28)22(29)15-20/h2-3,7-10,15,18-19H,4-6,11-14,16-17,30H2,1H3,(H2,31,32,37)/t18-,19+/m1/s1. The number of nitrogens with two attached hydrogens (primary N) is 1. The Morgan fingerprint density at radius 1 is 1.21 bits per heavy atom. The van der Waals surface area contributed by atoms with Gasteiger partial charge in [0.1, 0.15) is 5.82 Å². The van der Waals surface area contributed by atoms with Crippen LogP contribution in [0.25, 0.3) is 11.0 Å². The molecule has 1 aliphatic rings. The van der Waals surface area contributed by atoms with Crippen molar-refractivity contribution in [1.82, 2.24) is 19.8 Å². The molecule has 1 aliphatic heterocycles. The molecular weight excluding hydrogens is 527 g/mol. The van der Waals surface area contributed by atoms with Crippen LogP contribution in [0, 0.1) is 0 Å². The predicted octanol–water partition coefficient (Wildman–Crippen LogP) is 4.62. The predicted molar refractivity (Wildman–Crippen MR) is 151 cm³/mol. The summed E-state index contributed by atoms with van der Waals surface area (Å²) in [6, 6.07) is 12.0. The van der Waals surface area contributed by atoms with Crippen molar-refractivity contribution in [1.29, 1.82) is 0 Å². The Kier molecular flexibility index (Phi) is 9.85. The highest BCUT2D eigenvalue weighted by molar-refractivity contribution is 6.42. The first-order valence-corrected chi connectivity index (χ1v) is 13.6. The van der Waals surface area contributed by atoms with Crippen molar-refractivity contribution in [2.75, 3.05) is 38.7 Å². The molecule has 3 aromatic rings. The molecule has 1 saturated heterocycles. The Morgan fingerprint density at radius 3 is 2.82 bits per heavy atom. The van der Waals surface area contributed by atoms with Crippen molar-refractivity contribution >= 4 is 51.9 Å². The number of likely N-dealkylation sites (tertiary alicyclic amines) is 1. The van der Waals surface area contributed by atoms with Gasteiger partial charge in [-0.15, -0.1) is 0 Å². The Balaban J connectivity index is 1.32. The maximum atomic E-state index is 13.1. The number of hydrogen-bond donors (Lipinski definition) is 3. The Labute approximate surface area is 232 Å². The summed E-state index contributed by atoms with van der Waals surface area (Å²) < 4.78 is 7.53. The second kappa shape index (κ2) is 13.3. The van der Waals surface area contributed by atoms with E-state index in [2.05, 4.69) is 21.3 Å². The second-order valence-electron chi connectivity index (χ2n) is 9.56. The van der Waals surface area contributed by atoms with E-state index in [1.54, 1.807) is 25.3 Å². The largest absolute Gasteiger partial charge is 0.385 e. The van der Waals surface area contributed by atoms with Gasteiger partial charge in [0.2, 0.25) is 5.91 Å². The van der Waals surface area contributed by atoms with Gasteiger partial charge in [-0.25, -0.2) is 9.78 Å². The van der Waals surface area contributed by atoms with Crippen LogP contribution in [0.5, 0.6) is 0 Å². The van der Waals surface area contributed by atoms with E-state index in [4.69, 9.17) is 38.7 Å². The summed E-state index contributed by atoms with van der Waals surface area (Å²) in [7, 11) is 1.71. The number of nitrogens with one attached hydrogen (secondary N) is 2. The first kappa shape index (κ1) is 28.2. The number of amides is 3. The summed E-state index contributed by atoms with van der Waals surface area (Å²) in [5.74, 6) is 1.15. The van der Waals surface area contributed by atoms with Crippen molar-refractivity contribution in [2.24, 2.45) is 5.73 Å². The number of anilines is 1. The van der Waals surface area contributed by atoms with E-state index in [0.29, 0.717) is 35.4 Å². The molecule has 0 spiro atoms. The maximum Gasteiger partial charge on any atom is 0.319 e. The Morgan fingerprint density at radius 2 is 2.03 bits per heavy atom.